The molecule has 0 spiro atoms. The zero-order valence-electron chi connectivity index (χ0n) is 12.5. The normalized spacial score (nSPS) is 16.6. The number of rotatable bonds is 5. The summed E-state index contributed by atoms with van der Waals surface area (Å²) in [5.41, 5.74) is 1.08. The van der Waals surface area contributed by atoms with Crippen LogP contribution in [-0.2, 0) is 9.59 Å². The van der Waals surface area contributed by atoms with Crippen LogP contribution in [0.5, 0.6) is 0 Å². The topological polar surface area (TPSA) is 86.7 Å². The molecule has 2 N–H and O–H groups in total. The van der Waals surface area contributed by atoms with E-state index in [1.165, 1.54) is 16.7 Å². The van der Waals surface area contributed by atoms with E-state index in [-0.39, 0.29) is 30.0 Å². The fourth-order valence-electron chi connectivity index (χ4n) is 2.16. The molecular formula is C15H18N2O4S. The molecule has 2 amide bonds. The van der Waals surface area contributed by atoms with Gasteiger partial charge in [0, 0.05) is 23.5 Å². The number of nitrogens with zero attached hydrogens (tertiary/aromatic N) is 1. The van der Waals surface area contributed by atoms with Crippen LogP contribution in [-0.4, -0.2) is 46.1 Å². The monoisotopic (exact) mass is 322 g/mol. The largest absolute Gasteiger partial charge is 0.481 e. The third-order valence-corrected chi connectivity index (χ3v) is 4.60. The number of amides is 2. The lowest BCUT2D eigenvalue weighted by atomic mass is 10.1. The number of carbonyl (C=O) groups is 3. The van der Waals surface area contributed by atoms with E-state index in [4.69, 9.17) is 5.11 Å². The lowest BCUT2D eigenvalue weighted by molar-refractivity contribution is -0.137. The quantitative estimate of drug-likeness (QED) is 0.866. The average Bonchev–Trinajstić information content (AvgIpc) is 2.48. The van der Waals surface area contributed by atoms with E-state index in [2.05, 4.69) is 5.32 Å². The first kappa shape index (κ1) is 16.4. The predicted molar refractivity (Wildman–Crippen MR) is 84.2 cm³/mol. The van der Waals surface area contributed by atoms with E-state index < -0.39 is 5.97 Å². The van der Waals surface area contributed by atoms with Crippen LogP contribution in [0.4, 0.5) is 5.69 Å². The molecule has 0 fully saturated rings. The van der Waals surface area contributed by atoms with Crippen molar-refractivity contribution >= 4 is 35.2 Å². The van der Waals surface area contributed by atoms with Crippen molar-refractivity contribution in [3.63, 3.8) is 0 Å². The highest BCUT2D eigenvalue weighted by atomic mass is 32.2. The van der Waals surface area contributed by atoms with E-state index in [0.717, 1.165) is 4.90 Å². The molecule has 1 aliphatic heterocycles. The summed E-state index contributed by atoms with van der Waals surface area (Å²) in [6, 6.07) is 5.17. The molecule has 7 heteroatoms. The molecule has 1 unspecified atom stereocenters. The van der Waals surface area contributed by atoms with Crippen molar-refractivity contribution in [2.24, 2.45) is 0 Å². The fourth-order valence-corrected chi connectivity index (χ4v) is 3.09. The van der Waals surface area contributed by atoms with Gasteiger partial charge in [-0.1, -0.05) is 0 Å². The molecule has 0 bridgehead atoms. The summed E-state index contributed by atoms with van der Waals surface area (Å²) in [6.07, 6.45) is -0.0887. The van der Waals surface area contributed by atoms with Crippen LogP contribution in [0.1, 0.15) is 30.6 Å². The van der Waals surface area contributed by atoms with Crippen LogP contribution in [0.3, 0.4) is 0 Å². The van der Waals surface area contributed by atoms with Gasteiger partial charge >= 0.3 is 5.97 Å². The van der Waals surface area contributed by atoms with Crippen molar-refractivity contribution in [2.75, 3.05) is 18.4 Å². The number of thioether (sulfide) groups is 1. The van der Waals surface area contributed by atoms with E-state index in [9.17, 15) is 14.4 Å². The number of carboxylic acids is 1. The molecule has 0 saturated heterocycles. The lowest BCUT2D eigenvalue weighted by Gasteiger charge is -2.24. The average molecular weight is 322 g/mol. The number of hydrogen-bond acceptors (Lipinski definition) is 4. The van der Waals surface area contributed by atoms with Gasteiger partial charge in [0.1, 0.15) is 0 Å². The molecule has 118 valence electrons. The first-order valence-electron chi connectivity index (χ1n) is 7.05. The molecule has 0 aliphatic carbocycles. The predicted octanol–water partition coefficient (Wildman–Crippen LogP) is 2.06. The zero-order valence-corrected chi connectivity index (χ0v) is 13.3. The molecule has 0 aromatic heterocycles. The van der Waals surface area contributed by atoms with Gasteiger partial charge in [0.15, 0.2) is 0 Å². The number of fused-ring (bicyclic) bond motifs is 1. The first-order valence-corrected chi connectivity index (χ1v) is 7.93. The smallest absolute Gasteiger partial charge is 0.305 e. The first-order chi connectivity index (χ1) is 10.4. The fraction of sp³-hybridized carbons (Fsp3) is 0.400. The van der Waals surface area contributed by atoms with Crippen molar-refractivity contribution in [2.45, 2.75) is 30.4 Å². The van der Waals surface area contributed by atoms with E-state index in [0.29, 0.717) is 17.8 Å². The van der Waals surface area contributed by atoms with Crippen LogP contribution in [0.2, 0.25) is 0 Å². The second kappa shape index (κ2) is 6.83. The number of nitrogens with one attached hydrogen (secondary N) is 1. The number of carbonyl (C=O) groups excluding carboxylic acids is 2. The molecular weight excluding hydrogens is 304 g/mol. The molecule has 1 atom stereocenters. The minimum atomic E-state index is -0.936. The molecule has 2 rings (SSSR count). The Morgan fingerprint density at radius 3 is 2.77 bits per heavy atom. The van der Waals surface area contributed by atoms with Crippen molar-refractivity contribution < 1.29 is 19.5 Å². The Balaban J connectivity index is 2.18. The third-order valence-electron chi connectivity index (χ3n) is 3.42. The Labute approximate surface area is 132 Å². The highest BCUT2D eigenvalue weighted by Gasteiger charge is 2.24. The Kier molecular flexibility index (Phi) is 5.07. The van der Waals surface area contributed by atoms with Gasteiger partial charge in [0.2, 0.25) is 5.91 Å². The minimum absolute atomic E-state index is 0.0830. The third kappa shape index (κ3) is 3.59. The second-order valence-electron chi connectivity index (χ2n) is 4.99. The second-order valence-corrected chi connectivity index (χ2v) is 6.37. The molecule has 0 saturated carbocycles. The Morgan fingerprint density at radius 1 is 1.41 bits per heavy atom. The maximum Gasteiger partial charge on any atom is 0.305 e. The molecule has 22 heavy (non-hydrogen) atoms. The number of aliphatic carboxylic acids is 1. The van der Waals surface area contributed by atoms with Gasteiger partial charge in [-0.15, -0.1) is 11.8 Å². The summed E-state index contributed by atoms with van der Waals surface area (Å²) >= 11 is 1.45. The van der Waals surface area contributed by atoms with Gasteiger partial charge in [-0.3, -0.25) is 14.4 Å². The molecule has 1 aromatic carbocycles. The Morgan fingerprint density at radius 2 is 2.14 bits per heavy atom. The number of hydrogen-bond donors (Lipinski definition) is 2. The van der Waals surface area contributed by atoms with Crippen LogP contribution >= 0.6 is 11.8 Å². The van der Waals surface area contributed by atoms with Crippen molar-refractivity contribution in [3.05, 3.63) is 23.8 Å². The van der Waals surface area contributed by atoms with Gasteiger partial charge in [-0.2, -0.15) is 0 Å². The summed E-state index contributed by atoms with van der Waals surface area (Å²) in [6.45, 7) is 4.23. The highest BCUT2D eigenvalue weighted by Crippen LogP contribution is 2.36. The minimum Gasteiger partial charge on any atom is -0.481 e. The van der Waals surface area contributed by atoms with Crippen molar-refractivity contribution in [3.8, 4) is 0 Å². The lowest BCUT2D eigenvalue weighted by Crippen LogP contribution is -2.33. The SMILES string of the molecule is CCN(CCC(=O)O)C(=O)c1ccc2c(c1)NC(=O)C(C)S2. The summed E-state index contributed by atoms with van der Waals surface area (Å²) in [7, 11) is 0. The summed E-state index contributed by atoms with van der Waals surface area (Å²) < 4.78 is 0. The van der Waals surface area contributed by atoms with Gasteiger partial charge < -0.3 is 15.3 Å². The van der Waals surface area contributed by atoms with E-state index in [1.54, 1.807) is 19.1 Å². The highest BCUT2D eigenvalue weighted by molar-refractivity contribution is 8.00. The van der Waals surface area contributed by atoms with Crippen LogP contribution < -0.4 is 5.32 Å². The van der Waals surface area contributed by atoms with Gasteiger partial charge in [0.05, 0.1) is 17.4 Å². The summed E-state index contributed by atoms with van der Waals surface area (Å²) in [5.74, 6) is -1.25. The molecule has 1 aliphatic rings. The molecule has 6 nitrogen and oxygen atoms in total. The standard InChI is InChI=1S/C15H18N2O4S/c1-3-17(7-6-13(18)19)15(21)10-4-5-12-11(8-10)16-14(20)9(2)22-12/h4-5,8-9H,3,6-7H2,1-2H3,(H,16,20)(H,18,19). The number of benzene rings is 1. The van der Waals surface area contributed by atoms with Gasteiger partial charge in [-0.05, 0) is 32.0 Å². The Hall–Kier alpha value is -2.02. The summed E-state index contributed by atoms with van der Waals surface area (Å²) in [5, 5.41) is 11.4. The van der Waals surface area contributed by atoms with E-state index in [1.807, 2.05) is 13.0 Å². The molecule has 0 radical (unpaired) electrons. The van der Waals surface area contributed by atoms with Crippen molar-refractivity contribution in [1.82, 2.24) is 4.90 Å². The van der Waals surface area contributed by atoms with Gasteiger partial charge in [-0.25, -0.2) is 0 Å². The maximum absolute atomic E-state index is 12.4. The molecule has 1 heterocycles. The summed E-state index contributed by atoms with van der Waals surface area (Å²) in [4.78, 5) is 37.2. The van der Waals surface area contributed by atoms with E-state index >= 15 is 0 Å². The molecule has 1 aromatic rings. The number of anilines is 1. The Bertz CT molecular complexity index is 618. The zero-order chi connectivity index (χ0) is 16.3. The van der Waals surface area contributed by atoms with Gasteiger partial charge in [0.25, 0.3) is 5.91 Å². The van der Waals surface area contributed by atoms with Crippen LogP contribution in [0.25, 0.3) is 0 Å². The van der Waals surface area contributed by atoms with Crippen LogP contribution in [0.15, 0.2) is 23.1 Å². The maximum atomic E-state index is 12.4. The van der Waals surface area contributed by atoms with Crippen molar-refractivity contribution in [1.29, 1.82) is 0 Å². The number of carboxylic acid groups (broad SMARTS) is 1. The van der Waals surface area contributed by atoms with Crippen LogP contribution in [0, 0.1) is 0 Å².